The average Bonchev–Trinajstić information content (AvgIpc) is 2.92. The Balaban J connectivity index is 1.98. The summed E-state index contributed by atoms with van der Waals surface area (Å²) in [5, 5.41) is 3.80. The van der Waals surface area contributed by atoms with E-state index in [1.54, 1.807) is 7.11 Å². The summed E-state index contributed by atoms with van der Waals surface area (Å²) < 4.78 is 9.84. The first-order valence-electron chi connectivity index (χ1n) is 5.80. The first kappa shape index (κ1) is 12.6. The van der Waals surface area contributed by atoms with Gasteiger partial charge in [0.1, 0.15) is 5.75 Å². The predicted octanol–water partition coefficient (Wildman–Crippen LogP) is 1.88. The smallest absolute Gasteiger partial charge is 0.213 e. The normalized spacial score (nSPS) is 14.2. The van der Waals surface area contributed by atoms with Crippen LogP contribution in [0.25, 0.3) is 0 Å². The highest BCUT2D eigenvalue weighted by atomic mass is 16.5. The minimum atomic E-state index is -0.576. The lowest BCUT2D eigenvalue weighted by atomic mass is 9.93. The maximum absolute atomic E-state index is 6.18. The molecule has 0 aliphatic carbocycles. The second-order valence-electron chi connectivity index (χ2n) is 4.52. The molecule has 2 rings (SSSR count). The third kappa shape index (κ3) is 2.87. The van der Waals surface area contributed by atoms with Crippen molar-refractivity contribution in [2.24, 2.45) is 5.73 Å². The van der Waals surface area contributed by atoms with Crippen LogP contribution in [-0.2, 0) is 12.0 Å². The second kappa shape index (κ2) is 5.18. The molecule has 1 aromatic heterocycles. The van der Waals surface area contributed by atoms with Gasteiger partial charge in [-0.3, -0.25) is 0 Å². The van der Waals surface area contributed by atoms with Gasteiger partial charge < -0.3 is 15.0 Å². The molecule has 18 heavy (non-hydrogen) atoms. The number of ether oxygens (including phenoxy) is 1. The quantitative estimate of drug-likeness (QED) is 0.873. The number of benzene rings is 1. The van der Waals surface area contributed by atoms with Gasteiger partial charge in [0.25, 0.3) is 0 Å². The van der Waals surface area contributed by atoms with E-state index in [1.165, 1.54) is 12.0 Å². The summed E-state index contributed by atoms with van der Waals surface area (Å²) in [7, 11) is 1.65. The fraction of sp³-hybridized carbons (Fsp3) is 0.385. The van der Waals surface area contributed by atoms with Crippen molar-refractivity contribution >= 4 is 0 Å². The summed E-state index contributed by atoms with van der Waals surface area (Å²) in [6, 6.07) is 7.95. The van der Waals surface area contributed by atoms with Gasteiger partial charge in [-0.05, 0) is 37.5 Å². The SMILES string of the molecule is COc1ccc(CCC(C)(N)c2ncon2)cc1. The summed E-state index contributed by atoms with van der Waals surface area (Å²) in [5.74, 6) is 1.39. The van der Waals surface area contributed by atoms with Crippen LogP contribution in [0.4, 0.5) is 0 Å². The molecular formula is C13H17N3O2. The second-order valence-corrected chi connectivity index (χ2v) is 4.52. The topological polar surface area (TPSA) is 74.2 Å². The highest BCUT2D eigenvalue weighted by molar-refractivity contribution is 5.27. The predicted molar refractivity (Wildman–Crippen MR) is 67.2 cm³/mol. The number of rotatable bonds is 5. The van der Waals surface area contributed by atoms with E-state index in [-0.39, 0.29) is 0 Å². The average molecular weight is 247 g/mol. The van der Waals surface area contributed by atoms with E-state index in [9.17, 15) is 0 Å². The van der Waals surface area contributed by atoms with Crippen molar-refractivity contribution in [1.29, 1.82) is 0 Å². The van der Waals surface area contributed by atoms with Gasteiger partial charge in [-0.25, -0.2) is 0 Å². The lowest BCUT2D eigenvalue weighted by Crippen LogP contribution is -2.34. The van der Waals surface area contributed by atoms with E-state index in [0.29, 0.717) is 5.82 Å². The molecule has 5 nitrogen and oxygen atoms in total. The van der Waals surface area contributed by atoms with Crippen molar-refractivity contribution in [2.45, 2.75) is 25.3 Å². The van der Waals surface area contributed by atoms with Gasteiger partial charge in [0.2, 0.25) is 6.39 Å². The van der Waals surface area contributed by atoms with Crippen LogP contribution in [0.15, 0.2) is 35.2 Å². The van der Waals surface area contributed by atoms with Crippen LogP contribution in [0.1, 0.15) is 24.7 Å². The maximum Gasteiger partial charge on any atom is 0.213 e. The summed E-state index contributed by atoms with van der Waals surface area (Å²) in [6.45, 7) is 1.90. The van der Waals surface area contributed by atoms with Gasteiger partial charge in [-0.1, -0.05) is 17.3 Å². The molecule has 0 radical (unpaired) electrons. The lowest BCUT2D eigenvalue weighted by Gasteiger charge is -2.20. The number of hydrogen-bond donors (Lipinski definition) is 1. The van der Waals surface area contributed by atoms with Crippen LogP contribution in [0.5, 0.6) is 5.75 Å². The molecule has 0 saturated heterocycles. The lowest BCUT2D eigenvalue weighted by molar-refractivity contribution is 0.366. The standard InChI is InChI=1S/C13H17N3O2/c1-13(14,12-15-9-18-16-12)8-7-10-3-5-11(17-2)6-4-10/h3-6,9H,7-8,14H2,1-2H3. The van der Waals surface area contributed by atoms with Crippen LogP contribution in [0.3, 0.4) is 0 Å². The molecule has 0 saturated carbocycles. The molecule has 96 valence electrons. The zero-order chi connectivity index (χ0) is 13.0. The number of nitrogens with zero attached hydrogens (tertiary/aromatic N) is 2. The fourth-order valence-corrected chi connectivity index (χ4v) is 1.73. The molecular weight excluding hydrogens is 230 g/mol. The van der Waals surface area contributed by atoms with Crippen LogP contribution in [0, 0.1) is 0 Å². The van der Waals surface area contributed by atoms with Gasteiger partial charge >= 0.3 is 0 Å². The van der Waals surface area contributed by atoms with Gasteiger partial charge in [-0.2, -0.15) is 4.98 Å². The molecule has 0 spiro atoms. The Hall–Kier alpha value is -1.88. The zero-order valence-corrected chi connectivity index (χ0v) is 10.6. The van der Waals surface area contributed by atoms with E-state index >= 15 is 0 Å². The van der Waals surface area contributed by atoms with Crippen LogP contribution < -0.4 is 10.5 Å². The Morgan fingerprint density at radius 2 is 2.06 bits per heavy atom. The molecule has 1 unspecified atom stereocenters. The number of aryl methyl sites for hydroxylation is 1. The summed E-state index contributed by atoms with van der Waals surface area (Å²) in [6.07, 6.45) is 2.90. The Labute approximate surface area is 106 Å². The fourth-order valence-electron chi connectivity index (χ4n) is 1.73. The maximum atomic E-state index is 6.18. The monoisotopic (exact) mass is 247 g/mol. The van der Waals surface area contributed by atoms with Gasteiger partial charge in [0, 0.05) is 0 Å². The minimum Gasteiger partial charge on any atom is -0.497 e. The molecule has 1 aromatic carbocycles. The zero-order valence-electron chi connectivity index (χ0n) is 10.6. The van der Waals surface area contributed by atoms with Crippen molar-refractivity contribution in [2.75, 3.05) is 7.11 Å². The van der Waals surface area contributed by atoms with Crippen LogP contribution in [-0.4, -0.2) is 17.3 Å². The van der Waals surface area contributed by atoms with E-state index in [4.69, 9.17) is 15.0 Å². The van der Waals surface area contributed by atoms with Gasteiger partial charge in [0.05, 0.1) is 12.6 Å². The Bertz CT molecular complexity index is 477. The van der Waals surface area contributed by atoms with Crippen molar-refractivity contribution in [3.8, 4) is 5.75 Å². The summed E-state index contributed by atoms with van der Waals surface area (Å²) >= 11 is 0. The van der Waals surface area contributed by atoms with Crippen molar-refractivity contribution in [1.82, 2.24) is 10.1 Å². The minimum absolute atomic E-state index is 0.538. The van der Waals surface area contributed by atoms with Crippen LogP contribution in [0.2, 0.25) is 0 Å². The Morgan fingerprint density at radius 3 is 2.61 bits per heavy atom. The number of hydrogen-bond acceptors (Lipinski definition) is 5. The highest BCUT2D eigenvalue weighted by Gasteiger charge is 2.25. The number of nitrogens with two attached hydrogens (primary N) is 1. The molecule has 2 N–H and O–H groups in total. The molecule has 0 amide bonds. The first-order chi connectivity index (χ1) is 8.62. The molecule has 0 aliphatic heterocycles. The largest absolute Gasteiger partial charge is 0.497 e. The Morgan fingerprint density at radius 1 is 1.33 bits per heavy atom. The molecule has 2 aromatic rings. The first-order valence-corrected chi connectivity index (χ1v) is 5.80. The summed E-state index contributed by atoms with van der Waals surface area (Å²) in [4.78, 5) is 4.00. The third-order valence-corrected chi connectivity index (χ3v) is 2.96. The van der Waals surface area contributed by atoms with Crippen LogP contribution >= 0.6 is 0 Å². The molecule has 0 fully saturated rings. The number of aromatic nitrogens is 2. The third-order valence-electron chi connectivity index (χ3n) is 2.96. The van der Waals surface area contributed by atoms with E-state index in [1.807, 2.05) is 31.2 Å². The van der Waals surface area contributed by atoms with Gasteiger partial charge in [-0.15, -0.1) is 0 Å². The van der Waals surface area contributed by atoms with Crippen molar-refractivity contribution < 1.29 is 9.26 Å². The summed E-state index contributed by atoms with van der Waals surface area (Å²) in [5.41, 5.74) is 6.80. The van der Waals surface area contributed by atoms with E-state index in [2.05, 4.69) is 10.1 Å². The van der Waals surface area contributed by atoms with Crippen molar-refractivity contribution in [3.05, 3.63) is 42.0 Å². The van der Waals surface area contributed by atoms with Crippen molar-refractivity contribution in [3.63, 3.8) is 0 Å². The van der Waals surface area contributed by atoms with Gasteiger partial charge in [0.15, 0.2) is 5.82 Å². The number of methoxy groups -OCH3 is 1. The molecule has 1 heterocycles. The molecule has 5 heteroatoms. The highest BCUT2D eigenvalue weighted by Crippen LogP contribution is 2.21. The van der Waals surface area contributed by atoms with E-state index < -0.39 is 5.54 Å². The Kier molecular flexibility index (Phi) is 3.62. The molecule has 0 aliphatic rings. The molecule has 0 bridgehead atoms. The van der Waals surface area contributed by atoms with E-state index in [0.717, 1.165) is 18.6 Å². The molecule has 1 atom stereocenters.